The molecule has 1 heterocycles. The highest BCUT2D eigenvalue weighted by atomic mass is 32.2. The minimum atomic E-state index is -3.76. The predicted molar refractivity (Wildman–Crippen MR) is 86.7 cm³/mol. The largest absolute Gasteiger partial charge is 0.451 e. The van der Waals surface area contributed by atoms with Gasteiger partial charge in [0.1, 0.15) is 5.58 Å². The number of sulfonamides is 1. The monoisotopic (exact) mass is 330 g/mol. The van der Waals surface area contributed by atoms with Crippen LogP contribution in [0.15, 0.2) is 57.8 Å². The molecule has 23 heavy (non-hydrogen) atoms. The van der Waals surface area contributed by atoms with Crippen LogP contribution in [0.3, 0.4) is 0 Å². The average Bonchev–Trinajstić information content (AvgIpc) is 2.85. The van der Waals surface area contributed by atoms with Crippen LogP contribution in [0.5, 0.6) is 0 Å². The molecular formula is C16H14N2O4S. The van der Waals surface area contributed by atoms with Crippen molar-refractivity contribution in [2.75, 3.05) is 5.32 Å². The van der Waals surface area contributed by atoms with Crippen LogP contribution in [0.4, 0.5) is 5.69 Å². The summed E-state index contributed by atoms with van der Waals surface area (Å²) < 4.78 is 28.0. The minimum absolute atomic E-state index is 0.0181. The Morgan fingerprint density at radius 2 is 1.74 bits per heavy atom. The highest BCUT2D eigenvalue weighted by Crippen LogP contribution is 2.25. The van der Waals surface area contributed by atoms with Crippen molar-refractivity contribution in [1.82, 2.24) is 0 Å². The first-order chi connectivity index (χ1) is 10.9. The second-order valence-corrected chi connectivity index (χ2v) is 6.64. The smallest absolute Gasteiger partial charge is 0.291 e. The maximum Gasteiger partial charge on any atom is 0.291 e. The lowest BCUT2D eigenvalue weighted by molar-refractivity contribution is 0.0998. The number of fused-ring (bicyclic) bond motifs is 1. The Kier molecular flexibility index (Phi) is 3.67. The number of anilines is 1. The van der Waals surface area contributed by atoms with Gasteiger partial charge in [-0.05, 0) is 37.3 Å². The van der Waals surface area contributed by atoms with Crippen LogP contribution in [-0.2, 0) is 10.0 Å². The molecule has 118 valence electrons. The Balaban J connectivity index is 1.87. The normalized spacial score (nSPS) is 11.6. The zero-order chi connectivity index (χ0) is 16.6. The molecule has 3 aromatic rings. The average molecular weight is 330 g/mol. The first-order valence-corrected chi connectivity index (χ1v) is 8.33. The van der Waals surface area contributed by atoms with Gasteiger partial charge in [-0.2, -0.15) is 0 Å². The molecule has 0 fully saturated rings. The fourth-order valence-corrected chi connectivity index (χ4v) is 2.82. The molecule has 0 saturated heterocycles. The zero-order valence-corrected chi connectivity index (χ0v) is 13.1. The van der Waals surface area contributed by atoms with E-state index in [4.69, 9.17) is 9.56 Å². The van der Waals surface area contributed by atoms with Gasteiger partial charge in [0.15, 0.2) is 5.76 Å². The van der Waals surface area contributed by atoms with Crippen molar-refractivity contribution in [3.63, 3.8) is 0 Å². The number of rotatable bonds is 3. The van der Waals surface area contributed by atoms with Crippen LogP contribution in [0.25, 0.3) is 11.0 Å². The molecule has 0 saturated carbocycles. The maximum atomic E-state index is 12.3. The third-order valence-electron chi connectivity index (χ3n) is 3.49. The quantitative estimate of drug-likeness (QED) is 0.770. The Morgan fingerprint density at radius 1 is 1.09 bits per heavy atom. The van der Waals surface area contributed by atoms with Gasteiger partial charge in [0.05, 0.1) is 4.90 Å². The SMILES string of the molecule is Cc1c(C(=O)Nc2ccc(S(N)(=O)=O)cc2)oc2ccccc12. The van der Waals surface area contributed by atoms with Crippen molar-refractivity contribution in [3.8, 4) is 0 Å². The molecule has 0 spiro atoms. The molecule has 0 aliphatic heterocycles. The van der Waals surface area contributed by atoms with Crippen LogP contribution >= 0.6 is 0 Å². The van der Waals surface area contributed by atoms with E-state index < -0.39 is 15.9 Å². The van der Waals surface area contributed by atoms with E-state index in [9.17, 15) is 13.2 Å². The molecule has 0 atom stereocenters. The molecule has 2 aromatic carbocycles. The van der Waals surface area contributed by atoms with Crippen molar-refractivity contribution in [2.24, 2.45) is 5.14 Å². The number of hydrogen-bond donors (Lipinski definition) is 2. The highest BCUT2D eigenvalue weighted by molar-refractivity contribution is 7.89. The lowest BCUT2D eigenvalue weighted by Crippen LogP contribution is -2.14. The fourth-order valence-electron chi connectivity index (χ4n) is 2.31. The molecule has 1 amide bonds. The van der Waals surface area contributed by atoms with Crippen LogP contribution in [-0.4, -0.2) is 14.3 Å². The second-order valence-electron chi connectivity index (χ2n) is 5.08. The Bertz CT molecular complexity index is 989. The van der Waals surface area contributed by atoms with Crippen LogP contribution in [0.2, 0.25) is 0 Å². The Morgan fingerprint density at radius 3 is 2.35 bits per heavy atom. The van der Waals surface area contributed by atoms with Gasteiger partial charge in [-0.3, -0.25) is 4.79 Å². The van der Waals surface area contributed by atoms with Gasteiger partial charge in [-0.25, -0.2) is 13.6 Å². The van der Waals surface area contributed by atoms with E-state index in [-0.39, 0.29) is 10.7 Å². The van der Waals surface area contributed by atoms with E-state index in [0.717, 1.165) is 10.9 Å². The minimum Gasteiger partial charge on any atom is -0.451 e. The summed E-state index contributed by atoms with van der Waals surface area (Å²) in [5.41, 5.74) is 1.83. The van der Waals surface area contributed by atoms with Gasteiger partial charge in [-0.15, -0.1) is 0 Å². The van der Waals surface area contributed by atoms with Gasteiger partial charge >= 0.3 is 0 Å². The molecule has 1 aromatic heterocycles. The van der Waals surface area contributed by atoms with Crippen molar-refractivity contribution >= 4 is 32.6 Å². The van der Waals surface area contributed by atoms with Gasteiger partial charge < -0.3 is 9.73 Å². The summed E-state index contributed by atoms with van der Waals surface area (Å²) in [5.74, 6) is -0.177. The summed E-state index contributed by atoms with van der Waals surface area (Å²) in [6.07, 6.45) is 0. The van der Waals surface area contributed by atoms with Crippen LogP contribution < -0.4 is 10.5 Å². The van der Waals surface area contributed by atoms with E-state index in [1.807, 2.05) is 25.1 Å². The number of primary sulfonamides is 1. The second kappa shape index (κ2) is 5.53. The van der Waals surface area contributed by atoms with Crippen LogP contribution in [0.1, 0.15) is 16.1 Å². The Hall–Kier alpha value is -2.64. The Labute approximate surface area is 133 Å². The summed E-state index contributed by atoms with van der Waals surface area (Å²) in [4.78, 5) is 12.3. The summed E-state index contributed by atoms with van der Waals surface area (Å²) in [5, 5.41) is 8.58. The van der Waals surface area contributed by atoms with Gasteiger partial charge in [0.2, 0.25) is 10.0 Å². The zero-order valence-electron chi connectivity index (χ0n) is 12.2. The number of carbonyl (C=O) groups excluding carboxylic acids is 1. The maximum absolute atomic E-state index is 12.3. The van der Waals surface area contributed by atoms with Gasteiger partial charge in [-0.1, -0.05) is 18.2 Å². The summed E-state index contributed by atoms with van der Waals surface area (Å²) in [7, 11) is -3.76. The number of para-hydroxylation sites is 1. The number of amides is 1. The molecule has 0 aliphatic rings. The van der Waals surface area contributed by atoms with Crippen molar-refractivity contribution in [2.45, 2.75) is 11.8 Å². The third-order valence-corrected chi connectivity index (χ3v) is 4.42. The summed E-state index contributed by atoms with van der Waals surface area (Å²) in [6.45, 7) is 1.81. The number of carbonyl (C=O) groups is 1. The molecule has 6 nitrogen and oxygen atoms in total. The lowest BCUT2D eigenvalue weighted by Gasteiger charge is -2.05. The number of benzene rings is 2. The molecule has 3 N–H and O–H groups in total. The molecule has 0 unspecified atom stereocenters. The van der Waals surface area contributed by atoms with Gasteiger partial charge in [0, 0.05) is 16.6 Å². The molecule has 3 rings (SSSR count). The topological polar surface area (TPSA) is 102 Å². The molecule has 7 heteroatoms. The number of hydrogen-bond acceptors (Lipinski definition) is 4. The molecule has 0 bridgehead atoms. The van der Waals surface area contributed by atoms with Crippen molar-refractivity contribution in [3.05, 3.63) is 59.9 Å². The summed E-state index contributed by atoms with van der Waals surface area (Å²) in [6, 6.07) is 13.0. The number of nitrogens with two attached hydrogens (primary N) is 1. The van der Waals surface area contributed by atoms with E-state index >= 15 is 0 Å². The van der Waals surface area contributed by atoms with Crippen molar-refractivity contribution in [1.29, 1.82) is 0 Å². The van der Waals surface area contributed by atoms with E-state index in [1.54, 1.807) is 6.07 Å². The predicted octanol–water partition coefficient (Wildman–Crippen LogP) is 2.64. The first-order valence-electron chi connectivity index (χ1n) is 6.78. The lowest BCUT2D eigenvalue weighted by atomic mass is 10.1. The van der Waals surface area contributed by atoms with Crippen LogP contribution in [0, 0.1) is 6.92 Å². The van der Waals surface area contributed by atoms with Crippen molar-refractivity contribution < 1.29 is 17.6 Å². The standard InChI is InChI=1S/C16H14N2O4S/c1-10-13-4-2-3-5-14(13)22-15(10)16(19)18-11-6-8-12(9-7-11)23(17,20)21/h2-9H,1H3,(H,18,19)(H2,17,20,21). The van der Waals surface area contributed by atoms with E-state index in [1.165, 1.54) is 24.3 Å². The highest BCUT2D eigenvalue weighted by Gasteiger charge is 2.17. The number of nitrogens with one attached hydrogen (secondary N) is 1. The molecule has 0 aliphatic carbocycles. The number of furan rings is 1. The van der Waals surface area contributed by atoms with Gasteiger partial charge in [0.25, 0.3) is 5.91 Å². The first kappa shape index (κ1) is 15.3. The summed E-state index contributed by atoms with van der Waals surface area (Å²) >= 11 is 0. The van der Waals surface area contributed by atoms with E-state index in [0.29, 0.717) is 11.3 Å². The van der Waals surface area contributed by atoms with E-state index in [2.05, 4.69) is 5.32 Å². The fraction of sp³-hybridized carbons (Fsp3) is 0.0625. The third kappa shape index (κ3) is 2.96. The molecule has 0 radical (unpaired) electrons. The molecular weight excluding hydrogens is 316 g/mol. The number of aryl methyl sites for hydroxylation is 1.